The lowest BCUT2D eigenvalue weighted by Gasteiger charge is -2.30. The molecule has 0 aromatic heterocycles. The maximum Gasteiger partial charge on any atom is 0.194 e. The van der Waals surface area contributed by atoms with Crippen LogP contribution < -0.4 is 10.1 Å². The minimum absolute atomic E-state index is 0.196. The first-order valence-electron chi connectivity index (χ1n) is 9.72. The van der Waals surface area contributed by atoms with Crippen molar-refractivity contribution in [1.82, 2.24) is 15.1 Å². The van der Waals surface area contributed by atoms with Gasteiger partial charge in [-0.3, -0.25) is 9.89 Å². The summed E-state index contributed by atoms with van der Waals surface area (Å²) in [7, 11) is 1.70. The van der Waals surface area contributed by atoms with Crippen molar-refractivity contribution in [1.29, 1.82) is 0 Å². The van der Waals surface area contributed by atoms with E-state index < -0.39 is 0 Å². The van der Waals surface area contributed by atoms with Crippen LogP contribution in [0, 0.1) is 0 Å². The van der Waals surface area contributed by atoms with E-state index >= 15 is 0 Å². The third-order valence-corrected chi connectivity index (χ3v) is 4.94. The molecule has 0 bridgehead atoms. The third kappa shape index (κ3) is 5.35. The summed E-state index contributed by atoms with van der Waals surface area (Å²) in [4.78, 5) is 9.49. The molecule has 2 rings (SSSR count). The van der Waals surface area contributed by atoms with Crippen molar-refractivity contribution in [3.63, 3.8) is 0 Å². The van der Waals surface area contributed by atoms with Crippen LogP contribution in [0.3, 0.4) is 0 Å². The van der Waals surface area contributed by atoms with Crippen molar-refractivity contribution < 1.29 is 9.84 Å². The lowest BCUT2D eigenvalue weighted by molar-refractivity contribution is 0.187. The molecule has 1 fully saturated rings. The van der Waals surface area contributed by atoms with Crippen LogP contribution in [0.1, 0.15) is 38.8 Å². The van der Waals surface area contributed by atoms with Crippen LogP contribution in [-0.4, -0.2) is 73.3 Å². The number of nitrogens with zero attached hydrogens (tertiary/aromatic N) is 3. The Morgan fingerprint density at radius 3 is 2.73 bits per heavy atom. The molecule has 1 unspecified atom stereocenters. The molecule has 1 aliphatic heterocycles. The summed E-state index contributed by atoms with van der Waals surface area (Å²) in [6.45, 7) is 11.4. The van der Waals surface area contributed by atoms with Gasteiger partial charge in [0, 0.05) is 19.6 Å². The lowest BCUT2D eigenvalue weighted by Crippen LogP contribution is -2.41. The fourth-order valence-electron chi connectivity index (χ4n) is 3.48. The van der Waals surface area contributed by atoms with E-state index in [4.69, 9.17) is 9.73 Å². The molecule has 0 aliphatic carbocycles. The number of likely N-dealkylation sites (N-methyl/N-ethyl adjacent to an activating group) is 1. The van der Waals surface area contributed by atoms with Crippen molar-refractivity contribution in [2.24, 2.45) is 4.99 Å². The molecule has 6 nitrogen and oxygen atoms in total. The molecular weight excluding hydrogens is 328 g/mol. The van der Waals surface area contributed by atoms with Crippen LogP contribution in [0.4, 0.5) is 0 Å². The molecule has 1 heterocycles. The summed E-state index contributed by atoms with van der Waals surface area (Å²) in [6.07, 6.45) is 0.551. The fourth-order valence-corrected chi connectivity index (χ4v) is 3.48. The molecule has 26 heavy (non-hydrogen) atoms. The van der Waals surface area contributed by atoms with E-state index in [1.807, 2.05) is 12.1 Å². The highest BCUT2D eigenvalue weighted by atomic mass is 16.5. The van der Waals surface area contributed by atoms with Crippen molar-refractivity contribution in [3.05, 3.63) is 29.8 Å². The Bertz CT molecular complexity index is 575. The number of hydrogen-bond acceptors (Lipinski definition) is 4. The Morgan fingerprint density at radius 1 is 1.38 bits per heavy atom. The number of hydrogen-bond donors (Lipinski definition) is 2. The van der Waals surface area contributed by atoms with Gasteiger partial charge >= 0.3 is 0 Å². The van der Waals surface area contributed by atoms with Gasteiger partial charge in [0.25, 0.3) is 0 Å². The maximum atomic E-state index is 9.85. The Labute approximate surface area is 157 Å². The number of methoxy groups -OCH3 is 1. The molecule has 146 valence electrons. The average molecular weight is 363 g/mol. The van der Waals surface area contributed by atoms with Crippen LogP contribution in [0.2, 0.25) is 0 Å². The molecule has 0 spiro atoms. The van der Waals surface area contributed by atoms with E-state index in [1.54, 1.807) is 7.11 Å². The predicted octanol–water partition coefficient (Wildman–Crippen LogP) is 2.11. The summed E-state index contributed by atoms with van der Waals surface area (Å²) in [5, 5.41) is 13.2. The quantitative estimate of drug-likeness (QED) is 0.548. The number of benzene rings is 1. The number of guanidine groups is 1. The summed E-state index contributed by atoms with van der Waals surface area (Å²) >= 11 is 0. The number of aliphatic imine (C=N–C) groups is 1. The van der Waals surface area contributed by atoms with Gasteiger partial charge in [-0.05, 0) is 44.1 Å². The zero-order chi connectivity index (χ0) is 18.9. The van der Waals surface area contributed by atoms with Gasteiger partial charge in [0.15, 0.2) is 5.96 Å². The molecular formula is C20H34N4O2. The molecule has 1 aromatic carbocycles. The molecule has 0 amide bonds. The maximum absolute atomic E-state index is 9.85. The summed E-state index contributed by atoms with van der Waals surface area (Å²) in [5.74, 6) is 1.77. The van der Waals surface area contributed by atoms with Crippen LogP contribution in [0.5, 0.6) is 5.75 Å². The predicted molar refractivity (Wildman–Crippen MR) is 107 cm³/mol. The SMILES string of the molecule is CCNC(=NCC(c1cccc(OC)c1)N(CC)CC)N1CC[C@@H](O)C1. The minimum atomic E-state index is -0.254. The molecule has 0 saturated carbocycles. The zero-order valence-electron chi connectivity index (χ0n) is 16.6. The van der Waals surface area contributed by atoms with E-state index in [9.17, 15) is 5.11 Å². The van der Waals surface area contributed by atoms with Crippen LogP contribution in [0.15, 0.2) is 29.3 Å². The topological polar surface area (TPSA) is 60.3 Å². The van der Waals surface area contributed by atoms with Gasteiger partial charge in [-0.2, -0.15) is 0 Å². The van der Waals surface area contributed by atoms with E-state index in [-0.39, 0.29) is 12.1 Å². The number of rotatable bonds is 8. The van der Waals surface area contributed by atoms with Gasteiger partial charge < -0.3 is 20.1 Å². The van der Waals surface area contributed by atoms with Gasteiger partial charge in [-0.1, -0.05) is 26.0 Å². The van der Waals surface area contributed by atoms with Crippen LogP contribution in [-0.2, 0) is 0 Å². The van der Waals surface area contributed by atoms with Crippen molar-refractivity contribution in [2.45, 2.75) is 39.3 Å². The van der Waals surface area contributed by atoms with E-state index in [1.165, 1.54) is 5.56 Å². The Balaban J connectivity index is 2.23. The zero-order valence-corrected chi connectivity index (χ0v) is 16.6. The monoisotopic (exact) mass is 362 g/mol. The third-order valence-electron chi connectivity index (χ3n) is 4.94. The molecule has 1 aromatic rings. The summed E-state index contributed by atoms with van der Waals surface area (Å²) in [5.41, 5.74) is 1.22. The van der Waals surface area contributed by atoms with Gasteiger partial charge in [-0.15, -0.1) is 0 Å². The second-order valence-electron chi connectivity index (χ2n) is 6.60. The van der Waals surface area contributed by atoms with Gasteiger partial charge in [0.2, 0.25) is 0 Å². The van der Waals surface area contributed by atoms with Crippen molar-refractivity contribution >= 4 is 5.96 Å². The molecule has 6 heteroatoms. The van der Waals surface area contributed by atoms with E-state index in [2.05, 4.69) is 48.0 Å². The average Bonchev–Trinajstić information content (AvgIpc) is 3.10. The number of nitrogens with one attached hydrogen (secondary N) is 1. The normalized spacial score (nSPS) is 19.1. The molecule has 1 aliphatic rings. The fraction of sp³-hybridized carbons (Fsp3) is 0.650. The second kappa shape index (κ2) is 10.4. The van der Waals surface area contributed by atoms with Crippen molar-refractivity contribution in [3.8, 4) is 5.75 Å². The number of β-amino-alcohol motifs (C(OH)–C–C–N with tert-alkyl or cyclic N) is 1. The standard InChI is InChI=1S/C20H34N4O2/c1-5-21-20(24-12-11-17(25)15-24)22-14-19(23(6-2)7-3)16-9-8-10-18(13-16)26-4/h8-10,13,17,19,25H,5-7,11-12,14-15H2,1-4H3,(H,21,22)/t17-,19?/m1/s1. The van der Waals surface area contributed by atoms with Gasteiger partial charge in [-0.25, -0.2) is 0 Å². The minimum Gasteiger partial charge on any atom is -0.497 e. The molecule has 0 radical (unpaired) electrons. The highest BCUT2D eigenvalue weighted by Crippen LogP contribution is 2.25. The lowest BCUT2D eigenvalue weighted by atomic mass is 10.0. The summed E-state index contributed by atoms with van der Waals surface area (Å²) < 4.78 is 5.41. The number of ether oxygens (including phenoxy) is 1. The Hall–Kier alpha value is -1.79. The largest absolute Gasteiger partial charge is 0.497 e. The number of aliphatic hydroxyl groups is 1. The van der Waals surface area contributed by atoms with Crippen LogP contribution in [0.25, 0.3) is 0 Å². The van der Waals surface area contributed by atoms with Crippen LogP contribution >= 0.6 is 0 Å². The molecule has 1 saturated heterocycles. The molecule has 2 N–H and O–H groups in total. The first kappa shape index (κ1) is 20.5. The summed E-state index contributed by atoms with van der Waals surface area (Å²) in [6, 6.07) is 8.46. The van der Waals surface area contributed by atoms with E-state index in [0.717, 1.165) is 44.3 Å². The highest BCUT2D eigenvalue weighted by molar-refractivity contribution is 5.80. The number of likely N-dealkylation sites (tertiary alicyclic amines) is 1. The first-order chi connectivity index (χ1) is 12.6. The van der Waals surface area contributed by atoms with Gasteiger partial charge in [0.1, 0.15) is 5.75 Å². The highest BCUT2D eigenvalue weighted by Gasteiger charge is 2.24. The first-order valence-corrected chi connectivity index (χ1v) is 9.72. The molecule has 2 atom stereocenters. The van der Waals surface area contributed by atoms with Crippen molar-refractivity contribution in [2.75, 3.05) is 46.4 Å². The Kier molecular flexibility index (Phi) is 8.19. The Morgan fingerprint density at radius 2 is 2.15 bits per heavy atom. The number of aliphatic hydroxyl groups excluding tert-OH is 1. The van der Waals surface area contributed by atoms with Gasteiger partial charge in [0.05, 0.1) is 25.8 Å². The smallest absolute Gasteiger partial charge is 0.194 e. The van der Waals surface area contributed by atoms with E-state index in [0.29, 0.717) is 13.1 Å². The second-order valence-corrected chi connectivity index (χ2v) is 6.60.